The van der Waals surface area contributed by atoms with Gasteiger partial charge < -0.3 is 36.4 Å². The molecule has 0 atom stereocenters. The minimum atomic E-state index is -1.02. The van der Waals surface area contributed by atoms with Crippen molar-refractivity contribution in [3.05, 3.63) is 319 Å². The zero-order valence-electron chi connectivity index (χ0n) is 58.0. The molecule has 15 aromatic rings. The Morgan fingerprint density at radius 3 is 1.08 bits per heavy atom. The molecule has 534 valence electrons. The fourth-order valence-corrected chi connectivity index (χ4v) is 11.8. The second-order valence-corrected chi connectivity index (χ2v) is 24.0. The number of aromatic amines is 3. The molecule has 0 unspecified atom stereocenters. The zero-order valence-corrected chi connectivity index (χ0v) is 57.9. The highest BCUT2D eigenvalue weighted by Crippen LogP contribution is 2.27. The number of carbonyl (C=O) groups excluding carboxylic acids is 2. The number of halogens is 5. The Hall–Kier alpha value is -15.1. The van der Waals surface area contributed by atoms with Crippen LogP contribution in [-0.4, -0.2) is 74.9 Å². The molecule has 0 fully saturated rings. The third-order valence-corrected chi connectivity index (χ3v) is 16.9. The van der Waals surface area contributed by atoms with E-state index in [1.54, 1.807) is 97.5 Å². The number of rotatable bonds is 14. The van der Waals surface area contributed by atoms with Crippen molar-refractivity contribution < 1.29 is 38.4 Å². The van der Waals surface area contributed by atoms with Crippen molar-refractivity contribution in [3.63, 3.8) is 0 Å². The van der Waals surface area contributed by atoms with E-state index in [0.29, 0.717) is 141 Å². The Labute approximate surface area is 625 Å². The van der Waals surface area contributed by atoms with Gasteiger partial charge >= 0.3 is 5.97 Å². The van der Waals surface area contributed by atoms with Crippen molar-refractivity contribution in [2.45, 2.75) is 38.9 Å². The van der Waals surface area contributed by atoms with Crippen LogP contribution in [0.25, 0.3) is 65.4 Å². The average molecular weight is 1470 g/mol. The largest absolute Gasteiger partial charge is 0.478 e. The van der Waals surface area contributed by atoms with Crippen LogP contribution in [0.1, 0.15) is 116 Å². The topological polar surface area (TPSA) is 389 Å². The lowest BCUT2D eigenvalue weighted by Gasteiger charge is -2.09. The van der Waals surface area contributed by atoms with Gasteiger partial charge in [-0.3, -0.25) is 43.9 Å². The number of hydrogen-bond acceptors (Lipinski definition) is 16. The standard InChI is InChI=1S/2C27H17FN6O.C18H10N4O2.C9H9FN2.CH3F.ClH/c2*28-24-11-25-18(1-4-32-25)9-22(24)15-34-27(35)19-2-3-31-23(10-19)8-16-5-20-7-17(12-29)14-33-26(20)21(6-16)13-30;19-8-12-5-14-3-11(4-15(9-20)17(14)22-10-12)6-16-7-13(18(23)24)1-2-21-16;10-8-4-9-6(1-2-12-9)3-7(8)5-11;1-2;/h2*1-7,9-11,14,32H,8,15H2,(H,34,35);1-5,7,10H,6H2,(H,23,24);1-4,12H,5,11H2;1H3;1H/i;;;;1D;. The van der Waals surface area contributed by atoms with Gasteiger partial charge in [0, 0.05) is 172 Å². The number of amides is 2. The van der Waals surface area contributed by atoms with Gasteiger partial charge in [0.15, 0.2) is 0 Å². The molecular weight excluding hydrogens is 1410 g/mol. The third kappa shape index (κ3) is 18.5. The summed E-state index contributed by atoms with van der Waals surface area (Å²) in [6.07, 6.45) is 15.2. The van der Waals surface area contributed by atoms with Crippen molar-refractivity contribution in [3.8, 4) is 36.4 Å². The smallest absolute Gasteiger partial charge is 0.335 e. The number of hydrogen-bond donors (Lipinski definition) is 7. The maximum absolute atomic E-state index is 14.4. The van der Waals surface area contributed by atoms with Gasteiger partial charge in [-0.15, -0.1) is 12.4 Å². The molecule has 0 saturated heterocycles. The van der Waals surface area contributed by atoms with Crippen molar-refractivity contribution in [2.75, 3.05) is 7.15 Å². The SMILES string of the molecule is Cl.N#Cc1cnc2c(C#N)cc(Cc3cc(C(=O)NCc4cc5cc[nH]c5cc4F)ccn3)cc2c1.N#Cc1cnc2c(C#N)cc(Cc3cc(C(=O)NCc4cc5cc[nH]c5cc4F)ccn3)cc2c1.N#Cc1cnc2c(C#N)cc(Cc3cc(C(=O)O)ccn3)cc2c1.NCc1cc2cc[nH]c2cc1F.[2H]CF. The molecule has 27 heteroatoms. The first-order valence-electron chi connectivity index (χ1n) is 33.3. The zero-order chi connectivity index (χ0) is 77.1. The van der Waals surface area contributed by atoms with Crippen LogP contribution in [0, 0.1) is 85.4 Å². The molecule has 109 heavy (non-hydrogen) atoms. The number of alkyl halides is 1. The van der Waals surface area contributed by atoms with Crippen molar-refractivity contribution in [2.24, 2.45) is 5.73 Å². The molecule has 0 saturated carbocycles. The number of nitriles is 6. The van der Waals surface area contributed by atoms with Crippen molar-refractivity contribution >= 4 is 95.6 Å². The molecule has 8 N–H and O–H groups in total. The number of nitrogens with two attached hydrogens (primary N) is 1. The molecule has 0 bridgehead atoms. The summed E-state index contributed by atoms with van der Waals surface area (Å²) in [5, 5.41) is 75.1. The number of carboxylic acids is 1. The minimum absolute atomic E-state index is 0. The molecule has 9 heterocycles. The predicted octanol–water partition coefficient (Wildman–Crippen LogP) is 14.5. The van der Waals surface area contributed by atoms with Crippen LogP contribution < -0.4 is 16.4 Å². The summed E-state index contributed by atoms with van der Waals surface area (Å²) >= 11 is 0. The number of fused-ring (bicyclic) bond motifs is 6. The van der Waals surface area contributed by atoms with E-state index in [0.717, 1.165) is 38.4 Å². The number of carbonyl (C=O) groups is 3. The van der Waals surface area contributed by atoms with E-state index < -0.39 is 24.8 Å². The maximum atomic E-state index is 14.4. The molecule has 0 spiro atoms. The lowest BCUT2D eigenvalue weighted by atomic mass is 10.0. The fraction of sp³-hybridized carbons (Fsp3) is 0.0854. The van der Waals surface area contributed by atoms with Gasteiger partial charge in [-0.05, 0) is 178 Å². The summed E-state index contributed by atoms with van der Waals surface area (Å²) < 4.78 is 57.3. The summed E-state index contributed by atoms with van der Waals surface area (Å²) in [6, 6.07) is 52.8. The Morgan fingerprint density at radius 1 is 0.440 bits per heavy atom. The summed E-state index contributed by atoms with van der Waals surface area (Å²) in [5.74, 6) is -2.74. The number of pyridine rings is 6. The minimum Gasteiger partial charge on any atom is -0.478 e. The third-order valence-electron chi connectivity index (χ3n) is 16.9. The van der Waals surface area contributed by atoms with Crippen LogP contribution in [0.4, 0.5) is 17.6 Å². The maximum Gasteiger partial charge on any atom is 0.335 e. The first kappa shape index (κ1) is 75.1. The second kappa shape index (κ2) is 35.4. The summed E-state index contributed by atoms with van der Waals surface area (Å²) in [5.41, 5.74) is 18.1. The normalized spacial score (nSPS) is 10.5. The molecule has 2 amide bonds. The predicted molar refractivity (Wildman–Crippen MR) is 401 cm³/mol. The molecule has 22 nitrogen and oxygen atoms in total. The van der Waals surface area contributed by atoms with E-state index in [9.17, 15) is 47.7 Å². The lowest BCUT2D eigenvalue weighted by molar-refractivity contribution is 0.0695. The van der Waals surface area contributed by atoms with Gasteiger partial charge in [-0.1, -0.05) is 0 Å². The van der Waals surface area contributed by atoms with Crippen LogP contribution in [0.3, 0.4) is 0 Å². The molecular formula is C82H57ClF4N18O4. The van der Waals surface area contributed by atoms with Crippen molar-refractivity contribution in [1.82, 2.24) is 55.5 Å². The first-order chi connectivity index (χ1) is 52.9. The number of H-pyrrole nitrogens is 3. The van der Waals surface area contributed by atoms with Gasteiger partial charge in [0.25, 0.3) is 11.8 Å². The highest BCUT2D eigenvalue weighted by Gasteiger charge is 2.17. The van der Waals surface area contributed by atoms with Gasteiger partial charge in [-0.25, -0.2) is 18.0 Å². The van der Waals surface area contributed by atoms with Crippen LogP contribution in [0.15, 0.2) is 201 Å². The van der Waals surface area contributed by atoms with Gasteiger partial charge in [0.2, 0.25) is 0 Å². The molecule has 0 radical (unpaired) electrons. The van der Waals surface area contributed by atoms with Gasteiger partial charge in [0.05, 0.1) is 64.0 Å². The summed E-state index contributed by atoms with van der Waals surface area (Å²) in [4.78, 5) is 70.9. The Kier molecular flexibility index (Phi) is 24.4. The summed E-state index contributed by atoms with van der Waals surface area (Å²) in [7, 11) is -1.00. The fourth-order valence-electron chi connectivity index (χ4n) is 11.8. The molecule has 15 rings (SSSR count). The van der Waals surface area contributed by atoms with Crippen LogP contribution in [0.5, 0.6) is 0 Å². The quantitative estimate of drug-likeness (QED) is 0.0497. The number of aromatic nitrogens is 9. The van der Waals surface area contributed by atoms with E-state index >= 15 is 0 Å². The number of benzene rings is 6. The Balaban J connectivity index is 0.000000162. The first-order valence-corrected chi connectivity index (χ1v) is 32.6. The Morgan fingerprint density at radius 2 is 0.761 bits per heavy atom. The highest BCUT2D eigenvalue weighted by molar-refractivity contribution is 5.96. The van der Waals surface area contributed by atoms with Crippen LogP contribution >= 0.6 is 12.4 Å². The lowest BCUT2D eigenvalue weighted by Crippen LogP contribution is -2.23. The van der Waals surface area contributed by atoms with E-state index in [1.807, 2.05) is 42.5 Å². The van der Waals surface area contributed by atoms with Gasteiger partial charge in [-0.2, -0.15) is 31.6 Å². The monoisotopic (exact) mass is 1470 g/mol. The number of carboxylic acid groups (broad SMARTS) is 1. The van der Waals surface area contributed by atoms with Gasteiger partial charge in [0.1, 0.15) is 53.9 Å². The van der Waals surface area contributed by atoms with Crippen molar-refractivity contribution in [1.29, 1.82) is 31.6 Å². The molecule has 6 aromatic carbocycles. The summed E-state index contributed by atoms with van der Waals surface area (Å²) in [6.45, 7) is 0.342. The van der Waals surface area contributed by atoms with Crippen LogP contribution in [0.2, 0.25) is 0 Å². The molecule has 9 aromatic heterocycles. The molecule has 0 aliphatic carbocycles. The van der Waals surface area contributed by atoms with E-state index in [4.69, 9.17) is 28.0 Å². The average Bonchev–Trinajstić information content (AvgIpc) is 1.34. The number of nitrogens with one attached hydrogen (secondary N) is 5. The number of nitrogens with zero attached hydrogens (tertiary/aromatic N) is 12. The molecule has 0 aliphatic heterocycles. The molecule has 0 aliphatic rings. The number of aromatic carboxylic acids is 1. The van der Waals surface area contributed by atoms with E-state index in [1.165, 1.54) is 67.5 Å². The van der Waals surface area contributed by atoms with E-state index in [2.05, 4.69) is 85.8 Å². The van der Waals surface area contributed by atoms with Crippen LogP contribution in [-0.2, 0) is 38.9 Å². The highest BCUT2D eigenvalue weighted by atomic mass is 35.5. The van der Waals surface area contributed by atoms with E-state index in [-0.39, 0.29) is 55.2 Å². The second-order valence-electron chi connectivity index (χ2n) is 24.0. The Bertz CT molecular complexity index is 6050.